The van der Waals surface area contributed by atoms with Crippen molar-refractivity contribution >= 4 is 15.9 Å². The van der Waals surface area contributed by atoms with E-state index >= 15 is 0 Å². The summed E-state index contributed by atoms with van der Waals surface area (Å²) in [6.07, 6.45) is 1.39. The highest BCUT2D eigenvalue weighted by Gasteiger charge is 2.28. The van der Waals surface area contributed by atoms with Gasteiger partial charge in [-0.25, -0.2) is 13.1 Å². The molecule has 0 heterocycles. The van der Waals surface area contributed by atoms with Gasteiger partial charge in [0.25, 0.3) is 0 Å². The second-order valence-corrected chi connectivity index (χ2v) is 7.53. The number of nitrogens with two attached hydrogens (primary N) is 1. The Morgan fingerprint density at radius 2 is 2.05 bits per heavy atom. The number of carbonyl (C=O) groups is 1. The molecule has 1 aromatic carbocycles. The van der Waals surface area contributed by atoms with Gasteiger partial charge in [-0.3, -0.25) is 4.79 Å². The van der Waals surface area contributed by atoms with E-state index in [0.717, 1.165) is 6.42 Å². The highest BCUT2D eigenvalue weighted by Crippen LogP contribution is 2.19. The third-order valence-corrected chi connectivity index (χ3v) is 4.98. The van der Waals surface area contributed by atoms with Crippen molar-refractivity contribution in [3.63, 3.8) is 0 Å². The maximum absolute atomic E-state index is 12.2. The maximum Gasteiger partial charge on any atom is 0.240 e. The van der Waals surface area contributed by atoms with Gasteiger partial charge in [-0.2, -0.15) is 0 Å². The van der Waals surface area contributed by atoms with Crippen LogP contribution in [0.5, 0.6) is 0 Å². The molecule has 1 aromatic rings. The monoisotopic (exact) mass is 327 g/mol. The summed E-state index contributed by atoms with van der Waals surface area (Å²) in [5.41, 5.74) is 5.77. The van der Waals surface area contributed by atoms with Crippen LogP contribution in [0.4, 0.5) is 0 Å². The third kappa shape index (κ3) is 4.53. The molecule has 124 valence electrons. The average molecular weight is 327 g/mol. The summed E-state index contributed by atoms with van der Waals surface area (Å²) < 4.78 is 25.9. The minimum Gasteiger partial charge on any atom is -0.348 e. The zero-order valence-corrected chi connectivity index (χ0v) is 14.3. The summed E-state index contributed by atoms with van der Waals surface area (Å²) in [5.74, 6) is -0.247. The second kappa shape index (κ2) is 7.21. The van der Waals surface area contributed by atoms with E-state index in [9.17, 15) is 13.2 Å². The van der Waals surface area contributed by atoms with E-state index in [0.29, 0.717) is 12.0 Å². The number of nitrogens with one attached hydrogen (secondary N) is 2. The van der Waals surface area contributed by atoms with Crippen LogP contribution in [0, 0.1) is 0 Å². The van der Waals surface area contributed by atoms with Crippen molar-refractivity contribution in [2.75, 3.05) is 7.05 Å². The molecule has 6 nitrogen and oxygen atoms in total. The number of sulfonamides is 1. The van der Waals surface area contributed by atoms with E-state index in [1.54, 1.807) is 32.0 Å². The molecule has 0 spiro atoms. The number of hydrogen-bond donors (Lipinski definition) is 3. The molecular weight excluding hydrogens is 302 g/mol. The van der Waals surface area contributed by atoms with E-state index in [2.05, 4.69) is 10.0 Å². The standard InChI is InChI=1S/C15H25N3O3S/c1-5-9-15(3,16)14(19)18-11(2)12-7-6-8-13(10-12)22(20,21)17-4/h6-8,10-11,17H,5,9,16H2,1-4H3,(H,18,19). The van der Waals surface area contributed by atoms with Crippen LogP contribution in [0.2, 0.25) is 0 Å². The summed E-state index contributed by atoms with van der Waals surface area (Å²) in [5, 5.41) is 2.84. The highest BCUT2D eigenvalue weighted by atomic mass is 32.2. The van der Waals surface area contributed by atoms with Crippen molar-refractivity contribution in [1.29, 1.82) is 0 Å². The van der Waals surface area contributed by atoms with E-state index in [1.807, 2.05) is 6.92 Å². The first-order valence-corrected chi connectivity index (χ1v) is 8.75. The largest absolute Gasteiger partial charge is 0.348 e. The Bertz CT molecular complexity index is 627. The molecule has 0 saturated carbocycles. The van der Waals surface area contributed by atoms with Crippen LogP contribution in [-0.4, -0.2) is 26.9 Å². The third-order valence-electron chi connectivity index (χ3n) is 3.57. The molecule has 4 N–H and O–H groups in total. The van der Waals surface area contributed by atoms with Crippen LogP contribution < -0.4 is 15.8 Å². The predicted octanol–water partition coefficient (Wildman–Crippen LogP) is 1.29. The Morgan fingerprint density at radius 1 is 1.41 bits per heavy atom. The van der Waals surface area contributed by atoms with E-state index < -0.39 is 15.6 Å². The van der Waals surface area contributed by atoms with Crippen LogP contribution in [0.3, 0.4) is 0 Å². The number of benzene rings is 1. The normalized spacial score (nSPS) is 15.9. The fraction of sp³-hybridized carbons (Fsp3) is 0.533. The van der Waals surface area contributed by atoms with Gasteiger partial charge in [0.1, 0.15) is 0 Å². The van der Waals surface area contributed by atoms with Crippen LogP contribution >= 0.6 is 0 Å². The fourth-order valence-corrected chi connectivity index (χ4v) is 2.93. The van der Waals surface area contributed by atoms with Gasteiger partial charge in [0, 0.05) is 0 Å². The second-order valence-electron chi connectivity index (χ2n) is 5.64. The molecule has 1 rings (SSSR count). The molecule has 0 fully saturated rings. The number of rotatable bonds is 7. The van der Waals surface area contributed by atoms with Gasteiger partial charge in [0.05, 0.1) is 16.5 Å². The Morgan fingerprint density at radius 3 is 2.59 bits per heavy atom. The maximum atomic E-state index is 12.2. The smallest absolute Gasteiger partial charge is 0.240 e. The lowest BCUT2D eigenvalue weighted by atomic mass is 9.95. The topological polar surface area (TPSA) is 101 Å². The first-order valence-electron chi connectivity index (χ1n) is 7.27. The van der Waals surface area contributed by atoms with Crippen molar-refractivity contribution in [2.24, 2.45) is 5.73 Å². The summed E-state index contributed by atoms with van der Waals surface area (Å²) in [6, 6.07) is 6.14. The van der Waals surface area contributed by atoms with Crippen LogP contribution in [0.15, 0.2) is 29.2 Å². The number of carbonyl (C=O) groups excluding carboxylic acids is 1. The van der Waals surface area contributed by atoms with Gasteiger partial charge >= 0.3 is 0 Å². The van der Waals surface area contributed by atoms with Crippen LogP contribution in [0.1, 0.15) is 45.2 Å². The Balaban J connectivity index is 2.93. The molecule has 0 saturated heterocycles. The van der Waals surface area contributed by atoms with E-state index in [1.165, 1.54) is 13.1 Å². The molecule has 22 heavy (non-hydrogen) atoms. The molecule has 0 aliphatic heterocycles. The fourth-order valence-electron chi connectivity index (χ4n) is 2.15. The van der Waals surface area contributed by atoms with Gasteiger partial charge in [0.15, 0.2) is 0 Å². The minimum atomic E-state index is -3.51. The molecule has 0 aliphatic rings. The molecule has 7 heteroatoms. The molecule has 0 radical (unpaired) electrons. The van der Waals surface area contributed by atoms with Gasteiger partial charge in [-0.1, -0.05) is 25.5 Å². The van der Waals surface area contributed by atoms with Crippen molar-refractivity contribution in [1.82, 2.24) is 10.0 Å². The van der Waals surface area contributed by atoms with Crippen molar-refractivity contribution in [2.45, 2.75) is 50.1 Å². The van der Waals surface area contributed by atoms with Crippen molar-refractivity contribution in [3.8, 4) is 0 Å². The quantitative estimate of drug-likeness (QED) is 0.702. The first kappa shape index (κ1) is 18.6. The van der Waals surface area contributed by atoms with Crippen LogP contribution in [-0.2, 0) is 14.8 Å². The van der Waals surface area contributed by atoms with E-state index in [4.69, 9.17) is 5.73 Å². The van der Waals surface area contributed by atoms with Gasteiger partial charge in [0.2, 0.25) is 15.9 Å². The summed E-state index contributed by atoms with van der Waals surface area (Å²) in [7, 11) is -2.15. The summed E-state index contributed by atoms with van der Waals surface area (Å²) in [6.45, 7) is 5.46. The highest BCUT2D eigenvalue weighted by molar-refractivity contribution is 7.89. The zero-order valence-electron chi connectivity index (χ0n) is 13.5. The van der Waals surface area contributed by atoms with Crippen molar-refractivity contribution in [3.05, 3.63) is 29.8 Å². The molecule has 0 aromatic heterocycles. The average Bonchev–Trinajstić information content (AvgIpc) is 2.47. The van der Waals surface area contributed by atoms with Crippen molar-refractivity contribution < 1.29 is 13.2 Å². The lowest BCUT2D eigenvalue weighted by Gasteiger charge is -2.25. The lowest BCUT2D eigenvalue weighted by molar-refractivity contribution is -0.126. The lowest BCUT2D eigenvalue weighted by Crippen LogP contribution is -2.52. The van der Waals surface area contributed by atoms with Gasteiger partial charge in [-0.15, -0.1) is 0 Å². The van der Waals surface area contributed by atoms with E-state index in [-0.39, 0.29) is 16.8 Å². The van der Waals surface area contributed by atoms with Gasteiger partial charge < -0.3 is 11.1 Å². The number of hydrogen-bond acceptors (Lipinski definition) is 4. The molecule has 2 atom stereocenters. The SMILES string of the molecule is CCCC(C)(N)C(=O)NC(C)c1cccc(S(=O)(=O)NC)c1. The summed E-state index contributed by atoms with van der Waals surface area (Å²) >= 11 is 0. The zero-order chi connectivity index (χ0) is 17.0. The first-order chi connectivity index (χ1) is 10.1. The Labute approximate surface area is 132 Å². The molecule has 0 aliphatic carbocycles. The Hall–Kier alpha value is -1.44. The molecule has 2 unspecified atom stereocenters. The molecular formula is C15H25N3O3S. The molecule has 1 amide bonds. The number of amides is 1. The Kier molecular flexibility index (Phi) is 6.10. The predicted molar refractivity (Wildman–Crippen MR) is 86.7 cm³/mol. The summed E-state index contributed by atoms with van der Waals surface area (Å²) in [4.78, 5) is 12.4. The minimum absolute atomic E-state index is 0.165. The van der Waals surface area contributed by atoms with Crippen LogP contribution in [0.25, 0.3) is 0 Å². The molecule has 0 bridgehead atoms. The van der Waals surface area contributed by atoms with Gasteiger partial charge in [-0.05, 0) is 45.0 Å².